The van der Waals surface area contributed by atoms with E-state index in [2.05, 4.69) is 21.1 Å². The molecule has 1 unspecified atom stereocenters. The molecule has 2 amide bonds. The van der Waals surface area contributed by atoms with Gasteiger partial charge in [-0.05, 0) is 19.4 Å². The Morgan fingerprint density at radius 2 is 2.29 bits per heavy atom. The first-order chi connectivity index (χ1) is 10.1. The topological polar surface area (TPSA) is 82.9 Å². The third-order valence-corrected chi connectivity index (χ3v) is 3.12. The van der Waals surface area contributed by atoms with Crippen molar-refractivity contribution in [2.45, 2.75) is 19.8 Å². The fourth-order valence-corrected chi connectivity index (χ4v) is 1.91. The standard InChI is InChI=1S/C14H15FN4O2/c1-9-11(14(21)19-17-9)6-7-13(20)18-16-8-10-4-2-3-5-12(10)15/h2-5,8,11H,6-7H2,1H3,(H,18,20)(H,19,21). The van der Waals surface area contributed by atoms with E-state index in [-0.39, 0.29) is 29.7 Å². The van der Waals surface area contributed by atoms with Crippen LogP contribution in [-0.2, 0) is 9.59 Å². The molecule has 0 radical (unpaired) electrons. The van der Waals surface area contributed by atoms with Gasteiger partial charge in [-0.2, -0.15) is 10.2 Å². The van der Waals surface area contributed by atoms with E-state index in [9.17, 15) is 14.0 Å². The van der Waals surface area contributed by atoms with Crippen LogP contribution in [0, 0.1) is 11.7 Å². The Morgan fingerprint density at radius 1 is 1.52 bits per heavy atom. The van der Waals surface area contributed by atoms with Crippen molar-refractivity contribution in [3.05, 3.63) is 35.6 Å². The molecule has 0 aliphatic carbocycles. The summed E-state index contributed by atoms with van der Waals surface area (Å²) < 4.78 is 13.3. The Bertz CT molecular complexity index is 613. The summed E-state index contributed by atoms with van der Waals surface area (Å²) in [7, 11) is 0. The minimum Gasteiger partial charge on any atom is -0.273 e. The molecule has 1 aromatic carbocycles. The molecule has 0 saturated heterocycles. The SMILES string of the molecule is CC1=NNC(=O)C1CCC(=O)NN=Cc1ccccc1F. The molecule has 7 heteroatoms. The number of rotatable bonds is 5. The predicted molar refractivity (Wildman–Crippen MR) is 76.1 cm³/mol. The maximum Gasteiger partial charge on any atom is 0.248 e. The van der Waals surface area contributed by atoms with Crippen molar-refractivity contribution >= 4 is 23.7 Å². The number of amides is 2. The summed E-state index contributed by atoms with van der Waals surface area (Å²) in [6, 6.07) is 6.10. The molecule has 2 N–H and O–H groups in total. The lowest BCUT2D eigenvalue weighted by atomic mass is 9.99. The van der Waals surface area contributed by atoms with Crippen molar-refractivity contribution < 1.29 is 14.0 Å². The van der Waals surface area contributed by atoms with Crippen molar-refractivity contribution in [3.63, 3.8) is 0 Å². The van der Waals surface area contributed by atoms with E-state index >= 15 is 0 Å². The van der Waals surface area contributed by atoms with Crippen molar-refractivity contribution in [2.24, 2.45) is 16.1 Å². The van der Waals surface area contributed by atoms with Crippen LogP contribution in [0.2, 0.25) is 0 Å². The van der Waals surface area contributed by atoms with E-state index in [1.54, 1.807) is 25.1 Å². The fraction of sp³-hybridized carbons (Fsp3) is 0.286. The second-order valence-electron chi connectivity index (χ2n) is 4.64. The molecule has 6 nitrogen and oxygen atoms in total. The molecule has 1 aliphatic heterocycles. The molecule has 0 saturated carbocycles. The van der Waals surface area contributed by atoms with Gasteiger partial charge in [0.1, 0.15) is 5.82 Å². The summed E-state index contributed by atoms with van der Waals surface area (Å²) in [6.45, 7) is 1.73. The number of carbonyl (C=O) groups excluding carboxylic acids is 2. The number of hydrogen-bond donors (Lipinski definition) is 2. The zero-order chi connectivity index (χ0) is 15.2. The number of nitrogens with one attached hydrogen (secondary N) is 2. The van der Waals surface area contributed by atoms with Gasteiger partial charge in [0, 0.05) is 17.7 Å². The smallest absolute Gasteiger partial charge is 0.248 e. The summed E-state index contributed by atoms with van der Waals surface area (Å²) in [5.74, 6) is -1.32. The number of halogens is 1. The number of hydrazone groups is 2. The van der Waals surface area contributed by atoms with Crippen LogP contribution < -0.4 is 10.9 Å². The monoisotopic (exact) mass is 290 g/mol. The van der Waals surface area contributed by atoms with E-state index in [1.807, 2.05) is 0 Å². The number of hydrogen-bond acceptors (Lipinski definition) is 4. The van der Waals surface area contributed by atoms with Gasteiger partial charge in [0.05, 0.1) is 12.1 Å². The molecule has 0 aromatic heterocycles. The third kappa shape index (κ3) is 3.95. The summed E-state index contributed by atoms with van der Waals surface area (Å²) in [5.41, 5.74) is 5.62. The first-order valence-electron chi connectivity index (χ1n) is 6.48. The fourth-order valence-electron chi connectivity index (χ4n) is 1.91. The lowest BCUT2D eigenvalue weighted by Gasteiger charge is -2.06. The van der Waals surface area contributed by atoms with Gasteiger partial charge in [0.25, 0.3) is 0 Å². The van der Waals surface area contributed by atoms with Crippen molar-refractivity contribution in [3.8, 4) is 0 Å². The lowest BCUT2D eigenvalue weighted by Crippen LogP contribution is -2.25. The molecular weight excluding hydrogens is 275 g/mol. The second-order valence-corrected chi connectivity index (χ2v) is 4.64. The average molecular weight is 290 g/mol. The van der Waals surface area contributed by atoms with Gasteiger partial charge in [-0.3, -0.25) is 9.59 Å². The van der Waals surface area contributed by atoms with Crippen LogP contribution in [0.25, 0.3) is 0 Å². The van der Waals surface area contributed by atoms with Crippen molar-refractivity contribution in [1.82, 2.24) is 10.9 Å². The number of nitrogens with zero attached hydrogens (tertiary/aromatic N) is 2. The summed E-state index contributed by atoms with van der Waals surface area (Å²) >= 11 is 0. The Balaban J connectivity index is 1.79. The van der Waals surface area contributed by atoms with Crippen LogP contribution in [-0.4, -0.2) is 23.7 Å². The molecular formula is C14H15FN4O2. The van der Waals surface area contributed by atoms with Crippen LogP contribution in [0.5, 0.6) is 0 Å². The van der Waals surface area contributed by atoms with Crippen LogP contribution in [0.1, 0.15) is 25.3 Å². The highest BCUT2D eigenvalue weighted by Gasteiger charge is 2.26. The Morgan fingerprint density at radius 3 is 2.95 bits per heavy atom. The quantitative estimate of drug-likeness (QED) is 0.630. The second kappa shape index (κ2) is 6.74. The molecule has 1 heterocycles. The molecule has 0 spiro atoms. The highest BCUT2D eigenvalue weighted by Crippen LogP contribution is 2.13. The maximum atomic E-state index is 13.3. The maximum absolute atomic E-state index is 13.3. The Labute approximate surface area is 121 Å². The van der Waals surface area contributed by atoms with Crippen LogP contribution >= 0.6 is 0 Å². The molecule has 0 bridgehead atoms. The molecule has 0 fully saturated rings. The summed E-state index contributed by atoms with van der Waals surface area (Å²) in [5, 5.41) is 7.49. The van der Waals surface area contributed by atoms with E-state index in [0.29, 0.717) is 12.1 Å². The normalized spacial score (nSPS) is 17.7. The number of benzene rings is 1. The molecule has 1 aliphatic rings. The van der Waals surface area contributed by atoms with E-state index < -0.39 is 5.82 Å². The van der Waals surface area contributed by atoms with E-state index in [1.165, 1.54) is 12.3 Å². The van der Waals surface area contributed by atoms with Crippen molar-refractivity contribution in [2.75, 3.05) is 0 Å². The molecule has 1 atom stereocenters. The zero-order valence-corrected chi connectivity index (χ0v) is 11.5. The Kier molecular flexibility index (Phi) is 4.76. The lowest BCUT2D eigenvalue weighted by molar-refractivity contribution is -0.123. The summed E-state index contributed by atoms with van der Waals surface area (Å²) in [4.78, 5) is 23.0. The van der Waals surface area contributed by atoms with Gasteiger partial charge in [-0.25, -0.2) is 15.2 Å². The van der Waals surface area contributed by atoms with Crippen LogP contribution in [0.15, 0.2) is 34.5 Å². The Hall–Kier alpha value is -2.57. The third-order valence-electron chi connectivity index (χ3n) is 3.12. The first kappa shape index (κ1) is 14.8. The van der Waals surface area contributed by atoms with E-state index in [4.69, 9.17) is 0 Å². The van der Waals surface area contributed by atoms with Gasteiger partial charge in [0.15, 0.2) is 0 Å². The molecule has 2 rings (SSSR count). The highest BCUT2D eigenvalue weighted by atomic mass is 19.1. The summed E-state index contributed by atoms with van der Waals surface area (Å²) in [6.07, 6.45) is 1.74. The van der Waals surface area contributed by atoms with Gasteiger partial charge in [-0.1, -0.05) is 18.2 Å². The molecule has 21 heavy (non-hydrogen) atoms. The predicted octanol–water partition coefficient (Wildman–Crippen LogP) is 1.18. The van der Waals surface area contributed by atoms with Crippen molar-refractivity contribution in [1.29, 1.82) is 0 Å². The van der Waals surface area contributed by atoms with Crippen LogP contribution in [0.3, 0.4) is 0 Å². The average Bonchev–Trinajstić information content (AvgIpc) is 2.78. The largest absolute Gasteiger partial charge is 0.273 e. The minimum absolute atomic E-state index is 0.138. The molecule has 110 valence electrons. The minimum atomic E-state index is -0.412. The molecule has 1 aromatic rings. The first-order valence-corrected chi connectivity index (χ1v) is 6.48. The zero-order valence-electron chi connectivity index (χ0n) is 11.5. The van der Waals surface area contributed by atoms with Gasteiger partial charge >= 0.3 is 0 Å². The van der Waals surface area contributed by atoms with Gasteiger partial charge in [0.2, 0.25) is 11.8 Å². The van der Waals surface area contributed by atoms with Crippen LogP contribution in [0.4, 0.5) is 4.39 Å². The van der Waals surface area contributed by atoms with Gasteiger partial charge < -0.3 is 0 Å². The number of carbonyl (C=O) groups is 2. The van der Waals surface area contributed by atoms with E-state index in [0.717, 1.165) is 0 Å². The van der Waals surface area contributed by atoms with Gasteiger partial charge in [-0.15, -0.1) is 0 Å². The highest BCUT2D eigenvalue weighted by molar-refractivity contribution is 6.07.